The van der Waals surface area contributed by atoms with E-state index in [2.05, 4.69) is 5.32 Å². The Morgan fingerprint density at radius 2 is 2.00 bits per heavy atom. The molecule has 90 valence electrons. The number of hydrogen-bond donors (Lipinski definition) is 2. The van der Waals surface area contributed by atoms with Crippen LogP contribution in [0.5, 0.6) is 0 Å². The Hall–Kier alpha value is -0.290. The van der Waals surface area contributed by atoms with Crippen LogP contribution in [0.1, 0.15) is 32.1 Å². The Bertz CT molecular complexity index is 184. The van der Waals surface area contributed by atoms with Gasteiger partial charge in [0.2, 0.25) is 0 Å². The van der Waals surface area contributed by atoms with Crippen molar-refractivity contribution in [1.29, 1.82) is 0 Å². The summed E-state index contributed by atoms with van der Waals surface area (Å²) in [4.78, 5) is 0. The van der Waals surface area contributed by atoms with E-state index >= 15 is 0 Å². The van der Waals surface area contributed by atoms with Crippen molar-refractivity contribution in [2.45, 2.75) is 44.4 Å². The molecule has 0 aliphatic heterocycles. The molecule has 2 atom stereocenters. The quantitative estimate of drug-likeness (QED) is 0.702. The van der Waals surface area contributed by atoms with Gasteiger partial charge in [0.25, 0.3) is 0 Å². The van der Waals surface area contributed by atoms with E-state index in [1.807, 2.05) is 0 Å². The summed E-state index contributed by atoms with van der Waals surface area (Å²) in [6, 6.07) is 0. The van der Waals surface area contributed by atoms with Gasteiger partial charge in [-0.1, -0.05) is 0 Å². The summed E-state index contributed by atoms with van der Waals surface area (Å²) >= 11 is 0. The molecule has 2 nitrogen and oxygen atoms in total. The minimum absolute atomic E-state index is 0.138. The number of aliphatic hydroxyl groups is 1. The first-order valence-corrected chi connectivity index (χ1v) is 5.43. The summed E-state index contributed by atoms with van der Waals surface area (Å²) in [6.07, 6.45) is -2.22. The molecule has 0 aromatic heterocycles. The van der Waals surface area contributed by atoms with Crippen LogP contribution in [0.2, 0.25) is 0 Å². The van der Waals surface area contributed by atoms with Crippen LogP contribution < -0.4 is 5.32 Å². The summed E-state index contributed by atoms with van der Waals surface area (Å²) in [6.45, 7) is 1.14. The van der Waals surface area contributed by atoms with E-state index in [0.717, 1.165) is 25.8 Å². The van der Waals surface area contributed by atoms with Crippen molar-refractivity contribution in [2.24, 2.45) is 5.92 Å². The standard InChI is InChI=1S/C10H18F3NO/c11-10(12,13)4-1-5-14-7-8-2-3-9(15)6-8/h8-9,14-15H,1-7H2. The molecule has 0 saturated heterocycles. The first kappa shape index (κ1) is 12.8. The van der Waals surface area contributed by atoms with Gasteiger partial charge in [-0.05, 0) is 44.7 Å². The van der Waals surface area contributed by atoms with Gasteiger partial charge in [-0.25, -0.2) is 0 Å². The molecule has 0 amide bonds. The Kier molecular flexibility index (Phi) is 4.86. The number of hydrogen-bond acceptors (Lipinski definition) is 2. The van der Waals surface area contributed by atoms with Crippen LogP contribution in [-0.4, -0.2) is 30.5 Å². The molecule has 0 radical (unpaired) electrons. The van der Waals surface area contributed by atoms with Gasteiger partial charge in [0.1, 0.15) is 0 Å². The molecule has 0 aromatic rings. The topological polar surface area (TPSA) is 32.3 Å². The predicted octanol–water partition coefficient (Wildman–Crippen LogP) is 2.08. The van der Waals surface area contributed by atoms with Gasteiger partial charge in [-0.15, -0.1) is 0 Å². The fourth-order valence-electron chi connectivity index (χ4n) is 1.95. The molecule has 1 saturated carbocycles. The zero-order valence-corrected chi connectivity index (χ0v) is 8.69. The highest BCUT2D eigenvalue weighted by molar-refractivity contribution is 4.76. The van der Waals surface area contributed by atoms with Crippen LogP contribution in [0.4, 0.5) is 13.2 Å². The van der Waals surface area contributed by atoms with E-state index in [1.165, 1.54) is 0 Å². The summed E-state index contributed by atoms with van der Waals surface area (Å²) < 4.78 is 35.3. The second-order valence-corrected chi connectivity index (χ2v) is 4.26. The van der Waals surface area contributed by atoms with Gasteiger partial charge in [-0.3, -0.25) is 0 Å². The minimum atomic E-state index is -4.04. The van der Waals surface area contributed by atoms with Crippen LogP contribution in [-0.2, 0) is 0 Å². The zero-order chi connectivity index (χ0) is 11.3. The Morgan fingerprint density at radius 1 is 1.27 bits per heavy atom. The van der Waals surface area contributed by atoms with Gasteiger partial charge in [-0.2, -0.15) is 13.2 Å². The second-order valence-electron chi connectivity index (χ2n) is 4.26. The van der Waals surface area contributed by atoms with Crippen molar-refractivity contribution >= 4 is 0 Å². The van der Waals surface area contributed by atoms with Crippen molar-refractivity contribution in [3.05, 3.63) is 0 Å². The average Bonchev–Trinajstić information content (AvgIpc) is 2.49. The van der Waals surface area contributed by atoms with E-state index in [9.17, 15) is 18.3 Å². The fraction of sp³-hybridized carbons (Fsp3) is 1.00. The third kappa shape index (κ3) is 5.99. The summed E-state index contributed by atoms with van der Waals surface area (Å²) in [7, 11) is 0. The lowest BCUT2D eigenvalue weighted by Crippen LogP contribution is -2.24. The number of halogens is 3. The molecule has 1 rings (SSSR count). The molecule has 0 spiro atoms. The summed E-state index contributed by atoms with van der Waals surface area (Å²) in [5, 5.41) is 12.2. The van der Waals surface area contributed by atoms with Crippen molar-refractivity contribution in [3.8, 4) is 0 Å². The molecule has 15 heavy (non-hydrogen) atoms. The normalized spacial score (nSPS) is 27.2. The maximum absolute atomic E-state index is 11.8. The number of rotatable bonds is 5. The maximum atomic E-state index is 11.8. The number of aliphatic hydroxyl groups excluding tert-OH is 1. The van der Waals surface area contributed by atoms with Gasteiger partial charge < -0.3 is 10.4 Å². The molecule has 2 N–H and O–H groups in total. The van der Waals surface area contributed by atoms with E-state index < -0.39 is 12.6 Å². The molecule has 1 aliphatic carbocycles. The molecule has 2 unspecified atom stereocenters. The average molecular weight is 225 g/mol. The predicted molar refractivity (Wildman–Crippen MR) is 51.5 cm³/mol. The number of alkyl halides is 3. The highest BCUT2D eigenvalue weighted by atomic mass is 19.4. The van der Waals surface area contributed by atoms with Gasteiger partial charge in [0.15, 0.2) is 0 Å². The molecule has 5 heteroatoms. The molecular weight excluding hydrogens is 207 g/mol. The Labute approximate surface area is 87.9 Å². The van der Waals surface area contributed by atoms with E-state index in [-0.39, 0.29) is 12.5 Å². The Balaban J connectivity index is 1.93. The first-order chi connectivity index (χ1) is 6.97. The lowest BCUT2D eigenvalue weighted by Gasteiger charge is -2.11. The van der Waals surface area contributed by atoms with E-state index in [4.69, 9.17) is 0 Å². The van der Waals surface area contributed by atoms with Gasteiger partial charge >= 0.3 is 6.18 Å². The number of nitrogens with one attached hydrogen (secondary N) is 1. The van der Waals surface area contributed by atoms with Crippen molar-refractivity contribution < 1.29 is 18.3 Å². The minimum Gasteiger partial charge on any atom is -0.393 e. The summed E-state index contributed by atoms with van der Waals surface area (Å²) in [5.41, 5.74) is 0. The lowest BCUT2D eigenvalue weighted by atomic mass is 10.1. The summed E-state index contributed by atoms with van der Waals surface area (Å²) in [5.74, 6) is 0.436. The highest BCUT2D eigenvalue weighted by Gasteiger charge is 2.26. The monoisotopic (exact) mass is 225 g/mol. The van der Waals surface area contributed by atoms with Gasteiger partial charge in [0.05, 0.1) is 6.10 Å². The first-order valence-electron chi connectivity index (χ1n) is 5.43. The van der Waals surface area contributed by atoms with Crippen LogP contribution in [0.3, 0.4) is 0 Å². The SMILES string of the molecule is OC1CCC(CNCCCC(F)(F)F)C1. The third-order valence-electron chi connectivity index (χ3n) is 2.76. The van der Waals surface area contributed by atoms with Crippen LogP contribution >= 0.6 is 0 Å². The molecule has 0 bridgehead atoms. The smallest absolute Gasteiger partial charge is 0.389 e. The molecule has 1 fully saturated rings. The molecule has 1 aliphatic rings. The van der Waals surface area contributed by atoms with Gasteiger partial charge in [0, 0.05) is 6.42 Å². The molecule has 0 aromatic carbocycles. The van der Waals surface area contributed by atoms with Crippen molar-refractivity contribution in [1.82, 2.24) is 5.32 Å². The second kappa shape index (κ2) is 5.70. The zero-order valence-electron chi connectivity index (χ0n) is 8.69. The highest BCUT2D eigenvalue weighted by Crippen LogP contribution is 2.24. The molecule has 0 heterocycles. The largest absolute Gasteiger partial charge is 0.393 e. The maximum Gasteiger partial charge on any atom is 0.389 e. The fourth-order valence-corrected chi connectivity index (χ4v) is 1.95. The Morgan fingerprint density at radius 3 is 2.53 bits per heavy atom. The van der Waals surface area contributed by atoms with Crippen LogP contribution in [0, 0.1) is 5.92 Å². The molecular formula is C10H18F3NO. The van der Waals surface area contributed by atoms with Crippen molar-refractivity contribution in [3.63, 3.8) is 0 Å². The van der Waals surface area contributed by atoms with Crippen LogP contribution in [0.25, 0.3) is 0 Å². The van der Waals surface area contributed by atoms with E-state index in [0.29, 0.717) is 12.5 Å². The van der Waals surface area contributed by atoms with E-state index in [1.54, 1.807) is 0 Å². The lowest BCUT2D eigenvalue weighted by molar-refractivity contribution is -0.135. The third-order valence-corrected chi connectivity index (χ3v) is 2.76. The van der Waals surface area contributed by atoms with Crippen molar-refractivity contribution in [2.75, 3.05) is 13.1 Å². The van der Waals surface area contributed by atoms with Crippen LogP contribution in [0.15, 0.2) is 0 Å².